The van der Waals surface area contributed by atoms with Crippen molar-refractivity contribution >= 4 is 5.91 Å². The molecular formula is C24H29NO2. The Kier molecular flexibility index (Phi) is 4.94. The second-order valence-electron chi connectivity index (χ2n) is 8.31. The van der Waals surface area contributed by atoms with E-state index >= 15 is 0 Å². The number of benzene rings is 2. The third kappa shape index (κ3) is 3.87. The Morgan fingerprint density at radius 1 is 1.11 bits per heavy atom. The Morgan fingerprint density at radius 3 is 2.67 bits per heavy atom. The maximum Gasteiger partial charge on any atom is 0.224 e. The fourth-order valence-corrected chi connectivity index (χ4v) is 4.71. The zero-order valence-corrected chi connectivity index (χ0v) is 16.4. The van der Waals surface area contributed by atoms with Gasteiger partial charge in [-0.25, -0.2) is 0 Å². The average Bonchev–Trinajstić information content (AvgIpc) is 2.64. The summed E-state index contributed by atoms with van der Waals surface area (Å²) in [6.45, 7) is 4.16. The van der Waals surface area contributed by atoms with Crippen LogP contribution in [0.3, 0.4) is 0 Å². The average molecular weight is 364 g/mol. The number of hydrogen-bond acceptors (Lipinski definition) is 2. The number of para-hydroxylation sites is 1. The molecule has 1 spiro atoms. The van der Waals surface area contributed by atoms with Crippen molar-refractivity contribution in [2.75, 3.05) is 0 Å². The van der Waals surface area contributed by atoms with Crippen LogP contribution in [0.5, 0.6) is 5.75 Å². The standard InChI is InChI=1S/C24H29NO2/c1-17-10-11-19(18(2)14-17)15-23(26)25-21-16-24(12-6-3-7-13-24)27-22-9-5-4-8-20(21)22/h4-5,8-11,14,21H,3,6-7,12-13,15-16H2,1-2H3,(H,25,26)/t21-/m1/s1. The van der Waals surface area contributed by atoms with Gasteiger partial charge in [0.2, 0.25) is 5.91 Å². The first-order chi connectivity index (χ1) is 13.0. The first-order valence-corrected chi connectivity index (χ1v) is 10.2. The first-order valence-electron chi connectivity index (χ1n) is 10.2. The molecule has 1 fully saturated rings. The van der Waals surface area contributed by atoms with E-state index in [-0.39, 0.29) is 17.6 Å². The molecule has 0 bridgehead atoms. The highest BCUT2D eigenvalue weighted by Crippen LogP contribution is 2.46. The van der Waals surface area contributed by atoms with Gasteiger partial charge in [-0.15, -0.1) is 0 Å². The van der Waals surface area contributed by atoms with Crippen molar-refractivity contribution in [1.29, 1.82) is 0 Å². The van der Waals surface area contributed by atoms with Crippen LogP contribution in [0, 0.1) is 13.8 Å². The number of fused-ring (bicyclic) bond motifs is 1. The van der Waals surface area contributed by atoms with Crippen molar-refractivity contribution in [2.45, 2.75) is 70.4 Å². The first kappa shape index (κ1) is 18.1. The van der Waals surface area contributed by atoms with Crippen molar-refractivity contribution in [3.05, 3.63) is 64.7 Å². The maximum absolute atomic E-state index is 12.8. The highest BCUT2D eigenvalue weighted by Gasteiger charge is 2.42. The SMILES string of the molecule is Cc1ccc(CC(=O)N[C@@H]2CC3(CCCCC3)Oc3ccccc32)c(C)c1. The van der Waals surface area contributed by atoms with Gasteiger partial charge in [0.05, 0.1) is 12.5 Å². The van der Waals surface area contributed by atoms with Gasteiger partial charge in [0.1, 0.15) is 11.4 Å². The number of carbonyl (C=O) groups excluding carboxylic acids is 1. The molecule has 1 heterocycles. The zero-order chi connectivity index (χ0) is 18.9. The Bertz CT molecular complexity index is 836. The third-order valence-corrected chi connectivity index (χ3v) is 6.15. The Balaban J connectivity index is 1.53. The molecule has 0 saturated heterocycles. The topological polar surface area (TPSA) is 38.3 Å². The van der Waals surface area contributed by atoms with E-state index in [0.717, 1.165) is 36.1 Å². The molecule has 1 aliphatic heterocycles. The van der Waals surface area contributed by atoms with E-state index in [2.05, 4.69) is 43.4 Å². The number of rotatable bonds is 3. The maximum atomic E-state index is 12.8. The van der Waals surface area contributed by atoms with Crippen molar-refractivity contribution in [1.82, 2.24) is 5.32 Å². The van der Waals surface area contributed by atoms with Crippen LogP contribution in [0.1, 0.15) is 66.8 Å². The van der Waals surface area contributed by atoms with Crippen LogP contribution < -0.4 is 10.1 Å². The second-order valence-corrected chi connectivity index (χ2v) is 8.31. The summed E-state index contributed by atoms with van der Waals surface area (Å²) >= 11 is 0. The van der Waals surface area contributed by atoms with Crippen molar-refractivity contribution < 1.29 is 9.53 Å². The summed E-state index contributed by atoms with van der Waals surface area (Å²) in [4.78, 5) is 12.8. The molecule has 0 unspecified atom stereocenters. The highest BCUT2D eigenvalue weighted by molar-refractivity contribution is 5.79. The van der Waals surface area contributed by atoms with Gasteiger partial charge in [0, 0.05) is 12.0 Å². The molecule has 3 heteroatoms. The van der Waals surface area contributed by atoms with Gasteiger partial charge in [-0.1, -0.05) is 48.4 Å². The lowest BCUT2D eigenvalue weighted by Crippen LogP contribution is -2.46. The number of amides is 1. The van der Waals surface area contributed by atoms with E-state index in [4.69, 9.17) is 4.74 Å². The largest absolute Gasteiger partial charge is 0.487 e. The van der Waals surface area contributed by atoms with Gasteiger partial charge in [0.15, 0.2) is 0 Å². The van der Waals surface area contributed by atoms with Crippen LogP contribution in [0.15, 0.2) is 42.5 Å². The minimum absolute atomic E-state index is 0.0336. The summed E-state index contributed by atoms with van der Waals surface area (Å²) in [5.74, 6) is 1.04. The van der Waals surface area contributed by atoms with Crippen LogP contribution in [0.4, 0.5) is 0 Å². The van der Waals surface area contributed by atoms with Crippen LogP contribution in [0.2, 0.25) is 0 Å². The molecule has 4 rings (SSSR count). The molecule has 1 aliphatic carbocycles. The van der Waals surface area contributed by atoms with Crippen molar-refractivity contribution in [3.63, 3.8) is 0 Å². The van der Waals surface area contributed by atoms with Gasteiger partial charge < -0.3 is 10.1 Å². The van der Waals surface area contributed by atoms with E-state index in [1.54, 1.807) is 0 Å². The summed E-state index contributed by atoms with van der Waals surface area (Å²) in [5, 5.41) is 3.32. The van der Waals surface area contributed by atoms with Gasteiger partial charge in [0.25, 0.3) is 0 Å². The number of ether oxygens (including phenoxy) is 1. The molecule has 2 aliphatic rings. The number of nitrogens with one attached hydrogen (secondary N) is 1. The number of hydrogen-bond donors (Lipinski definition) is 1. The fourth-order valence-electron chi connectivity index (χ4n) is 4.71. The monoisotopic (exact) mass is 363 g/mol. The summed E-state index contributed by atoms with van der Waals surface area (Å²) in [6.07, 6.45) is 7.20. The van der Waals surface area contributed by atoms with Gasteiger partial charge in [-0.2, -0.15) is 0 Å². The predicted octanol–water partition coefficient (Wildman–Crippen LogP) is 5.19. The normalized spacial score (nSPS) is 20.6. The lowest BCUT2D eigenvalue weighted by atomic mass is 9.77. The molecule has 1 atom stereocenters. The molecule has 1 N–H and O–H groups in total. The summed E-state index contributed by atoms with van der Waals surface area (Å²) in [7, 11) is 0. The van der Waals surface area contributed by atoms with Crippen molar-refractivity contribution in [2.24, 2.45) is 0 Å². The van der Waals surface area contributed by atoms with Crippen molar-refractivity contribution in [3.8, 4) is 5.75 Å². The molecule has 142 valence electrons. The van der Waals surface area contributed by atoms with Gasteiger partial charge >= 0.3 is 0 Å². The number of aryl methyl sites for hydroxylation is 2. The second kappa shape index (κ2) is 7.38. The molecule has 3 nitrogen and oxygen atoms in total. The highest BCUT2D eigenvalue weighted by atomic mass is 16.5. The Morgan fingerprint density at radius 2 is 1.89 bits per heavy atom. The molecule has 0 aromatic heterocycles. The molecule has 2 aromatic carbocycles. The molecule has 1 amide bonds. The van der Waals surface area contributed by atoms with Crippen LogP contribution in [0.25, 0.3) is 0 Å². The molecule has 2 aromatic rings. The molecular weight excluding hydrogens is 334 g/mol. The minimum Gasteiger partial charge on any atom is -0.487 e. The zero-order valence-electron chi connectivity index (χ0n) is 16.4. The third-order valence-electron chi connectivity index (χ3n) is 6.15. The van der Waals surface area contributed by atoms with Crippen LogP contribution >= 0.6 is 0 Å². The van der Waals surface area contributed by atoms with E-state index in [1.807, 2.05) is 18.2 Å². The molecule has 1 saturated carbocycles. The quantitative estimate of drug-likeness (QED) is 0.815. The van der Waals surface area contributed by atoms with Gasteiger partial charge in [-0.3, -0.25) is 4.79 Å². The minimum atomic E-state index is -0.107. The van der Waals surface area contributed by atoms with E-state index in [9.17, 15) is 4.79 Å². The van der Waals surface area contributed by atoms with E-state index in [0.29, 0.717) is 6.42 Å². The van der Waals surface area contributed by atoms with E-state index < -0.39 is 0 Å². The summed E-state index contributed by atoms with van der Waals surface area (Å²) < 4.78 is 6.47. The number of carbonyl (C=O) groups is 1. The van der Waals surface area contributed by atoms with Gasteiger partial charge in [-0.05, 0) is 56.7 Å². The summed E-state index contributed by atoms with van der Waals surface area (Å²) in [5.41, 5.74) is 4.52. The smallest absolute Gasteiger partial charge is 0.224 e. The fraction of sp³-hybridized carbons (Fsp3) is 0.458. The lowest BCUT2D eigenvalue weighted by Gasteiger charge is -2.44. The molecule has 27 heavy (non-hydrogen) atoms. The van der Waals surface area contributed by atoms with Crippen LogP contribution in [-0.4, -0.2) is 11.5 Å². The van der Waals surface area contributed by atoms with Crippen LogP contribution in [-0.2, 0) is 11.2 Å². The Labute approximate surface area is 162 Å². The summed E-state index contributed by atoms with van der Waals surface area (Å²) in [6, 6.07) is 14.5. The lowest BCUT2D eigenvalue weighted by molar-refractivity contribution is -0.122. The predicted molar refractivity (Wildman–Crippen MR) is 108 cm³/mol. The Hall–Kier alpha value is -2.29. The molecule has 0 radical (unpaired) electrons. The van der Waals surface area contributed by atoms with E-state index in [1.165, 1.54) is 30.4 Å².